The van der Waals surface area contributed by atoms with E-state index in [1.165, 1.54) is 43.1 Å². The third-order valence-corrected chi connectivity index (χ3v) is 5.54. The average molecular weight is 340 g/mol. The van der Waals surface area contributed by atoms with Crippen molar-refractivity contribution in [2.75, 3.05) is 39.3 Å². The lowest BCUT2D eigenvalue weighted by Crippen LogP contribution is -2.38. The Balaban J connectivity index is 1.25. The van der Waals surface area contributed by atoms with E-state index in [1.807, 2.05) is 24.3 Å². The van der Waals surface area contributed by atoms with Gasteiger partial charge in [-0.2, -0.15) is 0 Å². The second kappa shape index (κ2) is 7.73. The molecule has 0 spiro atoms. The molecule has 0 aromatic heterocycles. The molecule has 0 amide bonds. The summed E-state index contributed by atoms with van der Waals surface area (Å²) in [5.41, 5.74) is 0. The summed E-state index contributed by atoms with van der Waals surface area (Å²) in [6, 6.07) is 15.0. The van der Waals surface area contributed by atoms with E-state index in [0.717, 1.165) is 18.8 Å². The molecule has 134 valence electrons. The summed E-state index contributed by atoms with van der Waals surface area (Å²) in [5.74, 6) is 0.828. The number of likely N-dealkylation sites (tertiary alicyclic amines) is 2. The summed E-state index contributed by atoms with van der Waals surface area (Å²) in [5, 5.41) is 12.7. The summed E-state index contributed by atoms with van der Waals surface area (Å²) in [7, 11) is 0. The first-order chi connectivity index (χ1) is 12.3. The number of hydrogen-bond donors (Lipinski definition) is 1. The van der Waals surface area contributed by atoms with Gasteiger partial charge in [0.05, 0.1) is 0 Å². The van der Waals surface area contributed by atoms with Gasteiger partial charge in [-0.15, -0.1) is 0 Å². The molecule has 2 aromatic rings. The highest BCUT2D eigenvalue weighted by Crippen LogP contribution is 2.22. The van der Waals surface area contributed by atoms with Gasteiger partial charge in [0.1, 0.15) is 18.5 Å². The van der Waals surface area contributed by atoms with Gasteiger partial charge in [-0.1, -0.05) is 30.3 Å². The Labute approximate surface area is 150 Å². The number of β-amino-alcohol motifs (C(OH)–C–C–N with tert-alkyl or cyclic N) is 1. The van der Waals surface area contributed by atoms with E-state index in [1.54, 1.807) is 0 Å². The fourth-order valence-electron chi connectivity index (χ4n) is 4.18. The van der Waals surface area contributed by atoms with Crippen molar-refractivity contribution >= 4 is 10.8 Å². The molecule has 2 aliphatic heterocycles. The molecule has 0 saturated carbocycles. The third kappa shape index (κ3) is 4.14. The number of rotatable bonds is 6. The Morgan fingerprint density at radius 1 is 1.04 bits per heavy atom. The first-order valence-electron chi connectivity index (χ1n) is 9.54. The Hall–Kier alpha value is -1.62. The average Bonchev–Trinajstić information content (AvgIpc) is 3.31. The molecule has 0 aliphatic carbocycles. The van der Waals surface area contributed by atoms with E-state index < -0.39 is 6.10 Å². The van der Waals surface area contributed by atoms with Crippen molar-refractivity contribution in [3.8, 4) is 5.75 Å². The summed E-state index contributed by atoms with van der Waals surface area (Å²) < 4.78 is 5.83. The standard InChI is InChI=1S/C21H28N2O2/c24-20(15-22-12-9-19(14-22)23-10-3-4-11-23)16-25-21-8-7-17-5-1-2-6-18(17)13-21/h1-2,5-8,13,19-20,24H,3-4,9-12,14-16H2. The monoisotopic (exact) mass is 340 g/mol. The fourth-order valence-corrected chi connectivity index (χ4v) is 4.18. The van der Waals surface area contributed by atoms with Crippen molar-refractivity contribution < 1.29 is 9.84 Å². The molecule has 0 bridgehead atoms. The zero-order valence-corrected chi connectivity index (χ0v) is 14.8. The third-order valence-electron chi connectivity index (χ3n) is 5.54. The van der Waals surface area contributed by atoms with Crippen LogP contribution in [0.25, 0.3) is 10.8 Å². The molecule has 2 aromatic carbocycles. The van der Waals surface area contributed by atoms with Crippen molar-refractivity contribution in [1.82, 2.24) is 9.80 Å². The number of benzene rings is 2. The molecule has 1 N–H and O–H groups in total. The Morgan fingerprint density at radius 2 is 1.84 bits per heavy atom. The van der Waals surface area contributed by atoms with Crippen LogP contribution in [0.1, 0.15) is 19.3 Å². The molecule has 4 nitrogen and oxygen atoms in total. The topological polar surface area (TPSA) is 35.9 Å². The van der Waals surface area contributed by atoms with Crippen LogP contribution in [-0.4, -0.2) is 66.4 Å². The predicted octanol–water partition coefficient (Wildman–Crippen LogP) is 2.75. The van der Waals surface area contributed by atoms with Gasteiger partial charge in [0.2, 0.25) is 0 Å². The molecule has 2 heterocycles. The van der Waals surface area contributed by atoms with Crippen molar-refractivity contribution in [3.05, 3.63) is 42.5 Å². The number of nitrogens with zero attached hydrogens (tertiary/aromatic N) is 2. The Kier molecular flexibility index (Phi) is 5.20. The summed E-state index contributed by atoms with van der Waals surface area (Å²) >= 11 is 0. The molecule has 2 aliphatic rings. The predicted molar refractivity (Wildman–Crippen MR) is 101 cm³/mol. The van der Waals surface area contributed by atoms with Gasteiger partial charge >= 0.3 is 0 Å². The summed E-state index contributed by atoms with van der Waals surface area (Å²) in [4.78, 5) is 5.01. The molecule has 2 fully saturated rings. The zero-order chi connectivity index (χ0) is 17.1. The van der Waals surface area contributed by atoms with Crippen LogP contribution < -0.4 is 4.74 Å². The van der Waals surface area contributed by atoms with Crippen LogP contribution in [-0.2, 0) is 0 Å². The maximum atomic E-state index is 10.4. The second-order valence-corrected chi connectivity index (χ2v) is 7.42. The number of fused-ring (bicyclic) bond motifs is 1. The number of ether oxygens (including phenoxy) is 1. The van der Waals surface area contributed by atoms with Crippen LogP contribution >= 0.6 is 0 Å². The minimum Gasteiger partial charge on any atom is -0.491 e. The number of aliphatic hydroxyl groups excluding tert-OH is 1. The fraction of sp³-hybridized carbons (Fsp3) is 0.524. The molecular weight excluding hydrogens is 312 g/mol. The lowest BCUT2D eigenvalue weighted by atomic mass is 10.1. The molecule has 0 radical (unpaired) electrons. The minimum atomic E-state index is -0.441. The second-order valence-electron chi connectivity index (χ2n) is 7.42. The SMILES string of the molecule is OC(COc1ccc2ccccc2c1)CN1CCC(N2CCCC2)C1. The molecule has 4 rings (SSSR count). The zero-order valence-electron chi connectivity index (χ0n) is 14.8. The van der Waals surface area contributed by atoms with E-state index in [-0.39, 0.29) is 0 Å². The summed E-state index contributed by atoms with van der Waals surface area (Å²) in [6.45, 7) is 5.75. The molecule has 4 heteroatoms. The molecule has 2 atom stereocenters. The van der Waals surface area contributed by atoms with Gasteiger partial charge in [-0.25, -0.2) is 0 Å². The highest BCUT2D eigenvalue weighted by Gasteiger charge is 2.29. The molecule has 2 saturated heterocycles. The van der Waals surface area contributed by atoms with Gasteiger partial charge in [-0.3, -0.25) is 9.80 Å². The van der Waals surface area contributed by atoms with Crippen LogP contribution in [0.5, 0.6) is 5.75 Å². The van der Waals surface area contributed by atoms with E-state index >= 15 is 0 Å². The van der Waals surface area contributed by atoms with Gasteiger partial charge < -0.3 is 9.84 Å². The van der Waals surface area contributed by atoms with Crippen molar-refractivity contribution in [2.45, 2.75) is 31.4 Å². The Morgan fingerprint density at radius 3 is 2.68 bits per heavy atom. The number of aliphatic hydroxyl groups is 1. The van der Waals surface area contributed by atoms with E-state index in [9.17, 15) is 5.11 Å². The van der Waals surface area contributed by atoms with Crippen LogP contribution in [0, 0.1) is 0 Å². The van der Waals surface area contributed by atoms with Crippen molar-refractivity contribution in [1.29, 1.82) is 0 Å². The van der Waals surface area contributed by atoms with Crippen LogP contribution in [0.15, 0.2) is 42.5 Å². The summed E-state index contributed by atoms with van der Waals surface area (Å²) in [6.07, 6.45) is 3.49. The smallest absolute Gasteiger partial charge is 0.120 e. The highest BCUT2D eigenvalue weighted by atomic mass is 16.5. The van der Waals surface area contributed by atoms with Crippen molar-refractivity contribution in [3.63, 3.8) is 0 Å². The van der Waals surface area contributed by atoms with Crippen LogP contribution in [0.3, 0.4) is 0 Å². The maximum Gasteiger partial charge on any atom is 0.120 e. The first kappa shape index (κ1) is 16.8. The largest absolute Gasteiger partial charge is 0.491 e. The van der Waals surface area contributed by atoms with E-state index in [0.29, 0.717) is 19.2 Å². The Bertz CT molecular complexity index is 699. The van der Waals surface area contributed by atoms with E-state index in [2.05, 4.69) is 28.0 Å². The van der Waals surface area contributed by atoms with Crippen molar-refractivity contribution in [2.24, 2.45) is 0 Å². The minimum absolute atomic E-state index is 0.350. The van der Waals surface area contributed by atoms with Crippen LogP contribution in [0.2, 0.25) is 0 Å². The molecule has 25 heavy (non-hydrogen) atoms. The molecular formula is C21H28N2O2. The molecule has 2 unspecified atom stereocenters. The maximum absolute atomic E-state index is 10.4. The van der Waals surface area contributed by atoms with E-state index in [4.69, 9.17) is 4.74 Å². The van der Waals surface area contributed by atoms with Gasteiger partial charge in [-0.05, 0) is 61.8 Å². The number of hydrogen-bond acceptors (Lipinski definition) is 4. The highest BCUT2D eigenvalue weighted by molar-refractivity contribution is 5.83. The lowest BCUT2D eigenvalue weighted by Gasteiger charge is -2.24. The normalized spacial score (nSPS) is 23.3. The lowest BCUT2D eigenvalue weighted by molar-refractivity contribution is 0.0734. The van der Waals surface area contributed by atoms with Gasteiger partial charge in [0.25, 0.3) is 0 Å². The van der Waals surface area contributed by atoms with Gasteiger partial charge in [0, 0.05) is 19.1 Å². The van der Waals surface area contributed by atoms with Crippen LogP contribution in [0.4, 0.5) is 0 Å². The quantitative estimate of drug-likeness (QED) is 0.877. The first-order valence-corrected chi connectivity index (χ1v) is 9.54. The van der Waals surface area contributed by atoms with Gasteiger partial charge in [0.15, 0.2) is 0 Å².